The van der Waals surface area contributed by atoms with Gasteiger partial charge in [-0.2, -0.15) is 0 Å². The maximum atomic E-state index is 4.47. The van der Waals surface area contributed by atoms with E-state index in [1.165, 1.54) is 11.3 Å². The quantitative estimate of drug-likeness (QED) is 0.685. The lowest BCUT2D eigenvalue weighted by molar-refractivity contribution is 0.821. The number of hydrogen-bond donors (Lipinski definition) is 0. The van der Waals surface area contributed by atoms with Crippen molar-refractivity contribution in [3.8, 4) is 0 Å². The van der Waals surface area contributed by atoms with Crippen LogP contribution in [0.15, 0.2) is 6.20 Å². The number of rotatable bonds is 3. The third kappa shape index (κ3) is 2.03. The number of aromatic nitrogens is 2. The van der Waals surface area contributed by atoms with Crippen molar-refractivity contribution in [2.75, 3.05) is 0 Å². The maximum Gasteiger partial charge on any atom is 0.128 e. The molecular formula is C10H16N2. The summed E-state index contributed by atoms with van der Waals surface area (Å²) >= 11 is 0. The van der Waals surface area contributed by atoms with Crippen molar-refractivity contribution < 1.29 is 0 Å². The lowest BCUT2D eigenvalue weighted by Crippen LogP contribution is -2.00. The molecule has 0 N–H and O–H groups in total. The van der Waals surface area contributed by atoms with Crippen LogP contribution in [-0.4, -0.2) is 9.97 Å². The molecule has 0 aliphatic heterocycles. The van der Waals surface area contributed by atoms with Crippen LogP contribution in [-0.2, 0) is 12.8 Å². The maximum absolute atomic E-state index is 4.47. The number of hydrogen-bond acceptors (Lipinski definition) is 2. The SMILES string of the molecule is CCCc1nc(CC)ncc1C. The highest BCUT2D eigenvalue weighted by atomic mass is 14.9. The minimum absolute atomic E-state index is 0.928. The van der Waals surface area contributed by atoms with Crippen LogP contribution in [0.3, 0.4) is 0 Å². The molecule has 0 amide bonds. The Hall–Kier alpha value is -0.920. The first kappa shape index (κ1) is 9.17. The molecule has 2 heteroatoms. The standard InChI is InChI=1S/C10H16N2/c1-4-6-9-8(3)7-11-10(5-2)12-9/h7H,4-6H2,1-3H3. The summed E-state index contributed by atoms with van der Waals surface area (Å²) in [7, 11) is 0. The van der Waals surface area contributed by atoms with E-state index in [0.717, 1.165) is 25.1 Å². The third-order valence-electron chi connectivity index (χ3n) is 1.93. The van der Waals surface area contributed by atoms with Gasteiger partial charge in [-0.15, -0.1) is 0 Å². The van der Waals surface area contributed by atoms with Gasteiger partial charge in [0.25, 0.3) is 0 Å². The van der Waals surface area contributed by atoms with E-state index >= 15 is 0 Å². The minimum Gasteiger partial charge on any atom is -0.241 e. The Morgan fingerprint density at radius 3 is 2.67 bits per heavy atom. The first-order valence-corrected chi connectivity index (χ1v) is 4.59. The second-order valence-electron chi connectivity index (χ2n) is 3.02. The summed E-state index contributed by atoms with van der Waals surface area (Å²) in [5.41, 5.74) is 2.43. The predicted molar refractivity (Wildman–Crippen MR) is 50.1 cm³/mol. The second-order valence-corrected chi connectivity index (χ2v) is 3.02. The van der Waals surface area contributed by atoms with Gasteiger partial charge in [0.05, 0.1) is 0 Å². The molecule has 0 atom stereocenters. The summed E-state index contributed by atoms with van der Waals surface area (Å²) in [5.74, 6) is 0.962. The molecule has 0 bridgehead atoms. The largest absolute Gasteiger partial charge is 0.241 e. The van der Waals surface area contributed by atoms with Gasteiger partial charge in [0.1, 0.15) is 5.82 Å². The Morgan fingerprint density at radius 2 is 2.08 bits per heavy atom. The van der Waals surface area contributed by atoms with Gasteiger partial charge in [-0.1, -0.05) is 20.3 Å². The Bertz CT molecular complexity index is 256. The first-order chi connectivity index (χ1) is 5.77. The Balaban J connectivity index is 2.91. The van der Waals surface area contributed by atoms with Crippen LogP contribution in [0.25, 0.3) is 0 Å². The summed E-state index contributed by atoms with van der Waals surface area (Å²) in [6.07, 6.45) is 5.08. The highest BCUT2D eigenvalue weighted by Crippen LogP contribution is 2.06. The van der Waals surface area contributed by atoms with Crippen LogP contribution in [0, 0.1) is 6.92 Å². The third-order valence-corrected chi connectivity index (χ3v) is 1.93. The molecule has 1 aromatic rings. The minimum atomic E-state index is 0.928. The Kier molecular flexibility index (Phi) is 3.20. The molecule has 0 aromatic carbocycles. The predicted octanol–water partition coefficient (Wildman–Crippen LogP) is 2.30. The number of nitrogens with zero attached hydrogens (tertiary/aromatic N) is 2. The van der Waals surface area contributed by atoms with Crippen molar-refractivity contribution in [1.29, 1.82) is 0 Å². The molecule has 0 saturated heterocycles. The normalized spacial score (nSPS) is 10.2. The van der Waals surface area contributed by atoms with Crippen molar-refractivity contribution in [1.82, 2.24) is 9.97 Å². The fraction of sp³-hybridized carbons (Fsp3) is 0.600. The monoisotopic (exact) mass is 164 g/mol. The van der Waals surface area contributed by atoms with Crippen molar-refractivity contribution in [2.45, 2.75) is 40.0 Å². The Labute approximate surface area is 74.1 Å². The van der Waals surface area contributed by atoms with E-state index in [4.69, 9.17) is 0 Å². The van der Waals surface area contributed by atoms with Crippen LogP contribution >= 0.6 is 0 Å². The van der Waals surface area contributed by atoms with Crippen molar-refractivity contribution in [3.05, 3.63) is 23.3 Å². The van der Waals surface area contributed by atoms with E-state index < -0.39 is 0 Å². The smallest absolute Gasteiger partial charge is 0.128 e. The summed E-state index contributed by atoms with van der Waals surface area (Å²) < 4.78 is 0. The van der Waals surface area contributed by atoms with E-state index in [1.807, 2.05) is 6.20 Å². The van der Waals surface area contributed by atoms with Gasteiger partial charge in [-0.05, 0) is 18.9 Å². The van der Waals surface area contributed by atoms with Gasteiger partial charge in [0, 0.05) is 18.3 Å². The van der Waals surface area contributed by atoms with Gasteiger partial charge < -0.3 is 0 Å². The number of aryl methyl sites for hydroxylation is 3. The molecule has 0 radical (unpaired) electrons. The summed E-state index contributed by atoms with van der Waals surface area (Å²) in [6, 6.07) is 0. The average molecular weight is 164 g/mol. The van der Waals surface area contributed by atoms with E-state index in [-0.39, 0.29) is 0 Å². The van der Waals surface area contributed by atoms with Crippen molar-refractivity contribution >= 4 is 0 Å². The van der Waals surface area contributed by atoms with E-state index in [1.54, 1.807) is 0 Å². The zero-order chi connectivity index (χ0) is 8.97. The van der Waals surface area contributed by atoms with Crippen molar-refractivity contribution in [2.24, 2.45) is 0 Å². The van der Waals surface area contributed by atoms with Gasteiger partial charge in [-0.3, -0.25) is 0 Å². The van der Waals surface area contributed by atoms with Gasteiger partial charge in [0.2, 0.25) is 0 Å². The fourth-order valence-corrected chi connectivity index (χ4v) is 1.18. The molecule has 0 fully saturated rings. The van der Waals surface area contributed by atoms with Gasteiger partial charge in [-0.25, -0.2) is 9.97 Å². The Morgan fingerprint density at radius 1 is 1.33 bits per heavy atom. The highest BCUT2D eigenvalue weighted by Gasteiger charge is 2.00. The molecule has 12 heavy (non-hydrogen) atoms. The molecule has 0 spiro atoms. The average Bonchev–Trinajstić information content (AvgIpc) is 2.09. The second kappa shape index (κ2) is 4.19. The van der Waals surface area contributed by atoms with Crippen LogP contribution < -0.4 is 0 Å². The molecule has 1 rings (SSSR count). The van der Waals surface area contributed by atoms with Crippen molar-refractivity contribution in [3.63, 3.8) is 0 Å². The summed E-state index contributed by atoms with van der Waals surface area (Å²) in [5, 5.41) is 0. The van der Waals surface area contributed by atoms with E-state index in [2.05, 4.69) is 30.7 Å². The van der Waals surface area contributed by atoms with Crippen LogP contribution in [0.5, 0.6) is 0 Å². The molecule has 66 valence electrons. The summed E-state index contributed by atoms with van der Waals surface area (Å²) in [4.78, 5) is 8.70. The summed E-state index contributed by atoms with van der Waals surface area (Å²) in [6.45, 7) is 6.33. The molecule has 0 unspecified atom stereocenters. The van der Waals surface area contributed by atoms with Crippen LogP contribution in [0.4, 0.5) is 0 Å². The van der Waals surface area contributed by atoms with Crippen LogP contribution in [0.2, 0.25) is 0 Å². The van der Waals surface area contributed by atoms with Gasteiger partial charge in [0.15, 0.2) is 0 Å². The van der Waals surface area contributed by atoms with Gasteiger partial charge >= 0.3 is 0 Å². The van der Waals surface area contributed by atoms with Crippen LogP contribution in [0.1, 0.15) is 37.4 Å². The molecule has 0 aliphatic rings. The lowest BCUT2D eigenvalue weighted by Gasteiger charge is -2.03. The zero-order valence-corrected chi connectivity index (χ0v) is 8.09. The molecule has 2 nitrogen and oxygen atoms in total. The fourth-order valence-electron chi connectivity index (χ4n) is 1.18. The van der Waals surface area contributed by atoms with E-state index in [0.29, 0.717) is 0 Å². The lowest BCUT2D eigenvalue weighted by atomic mass is 10.1. The molecule has 1 aromatic heterocycles. The molecule has 0 saturated carbocycles. The zero-order valence-electron chi connectivity index (χ0n) is 8.09. The molecule has 0 aliphatic carbocycles. The first-order valence-electron chi connectivity index (χ1n) is 4.59. The highest BCUT2D eigenvalue weighted by molar-refractivity contribution is 5.15. The molecular weight excluding hydrogens is 148 g/mol. The van der Waals surface area contributed by atoms with E-state index in [9.17, 15) is 0 Å². The topological polar surface area (TPSA) is 25.8 Å². The molecule has 1 heterocycles.